The van der Waals surface area contributed by atoms with E-state index >= 15 is 0 Å². The Morgan fingerprint density at radius 3 is 2.17 bits per heavy atom. The average molecular weight is 375 g/mol. The monoisotopic (exact) mass is 374 g/mol. The molecule has 0 saturated carbocycles. The number of hydrogen-bond acceptors (Lipinski definition) is 0. The summed E-state index contributed by atoms with van der Waals surface area (Å²) < 4.78 is 0. The second-order valence-electron chi connectivity index (χ2n) is 6.75. The van der Waals surface area contributed by atoms with Crippen LogP contribution in [0, 0.1) is 0 Å². The van der Waals surface area contributed by atoms with Gasteiger partial charge in [0.15, 0.2) is 0 Å². The average Bonchev–Trinajstić information content (AvgIpc) is 2.57. The van der Waals surface area contributed by atoms with Crippen molar-refractivity contribution in [3.63, 3.8) is 0 Å². The van der Waals surface area contributed by atoms with E-state index in [2.05, 4.69) is 65.3 Å². The van der Waals surface area contributed by atoms with Crippen LogP contribution in [-0.2, 0) is 6.42 Å². The highest BCUT2D eigenvalue weighted by Gasteiger charge is 2.06. The zero-order valence-corrected chi connectivity index (χ0v) is 16.2. The molecule has 0 aromatic heterocycles. The summed E-state index contributed by atoms with van der Waals surface area (Å²) in [4.78, 5) is 0.615. The van der Waals surface area contributed by atoms with E-state index < -0.39 is 0 Å². The first kappa shape index (κ1) is 18.5. The summed E-state index contributed by atoms with van der Waals surface area (Å²) in [6.07, 6.45) is 13.7. The molecule has 0 bridgehead atoms. The van der Waals surface area contributed by atoms with Crippen molar-refractivity contribution in [2.75, 3.05) is 0 Å². The number of halogens is 1. The zero-order chi connectivity index (χ0) is 16.3. The Bertz CT molecular complexity index is 561. The van der Waals surface area contributed by atoms with Gasteiger partial charge in [-0.3, -0.25) is 0 Å². The second kappa shape index (κ2) is 10.9. The first-order valence-electron chi connectivity index (χ1n) is 9.41. The van der Waals surface area contributed by atoms with Gasteiger partial charge in [0.05, 0.1) is 0 Å². The summed E-state index contributed by atoms with van der Waals surface area (Å²) in [6, 6.07) is 15.5. The minimum Gasteiger partial charge on any atom is -0.0887 e. The van der Waals surface area contributed by atoms with Crippen LogP contribution in [0.25, 0.3) is 10.8 Å². The molecule has 2 aromatic rings. The van der Waals surface area contributed by atoms with Gasteiger partial charge in [0, 0.05) is 4.83 Å². The number of rotatable bonds is 11. The summed E-state index contributed by atoms with van der Waals surface area (Å²) in [5, 5.41) is 2.70. The predicted molar refractivity (Wildman–Crippen MR) is 108 cm³/mol. The van der Waals surface area contributed by atoms with Crippen molar-refractivity contribution < 1.29 is 0 Å². The third-order valence-electron chi connectivity index (χ3n) is 4.64. The van der Waals surface area contributed by atoms with Crippen molar-refractivity contribution >= 4 is 26.7 Å². The number of alkyl halides is 1. The standard InChI is InChI=1S/C22H31Br/c1-2-3-4-5-6-7-8-9-14-22(23)18-19-15-16-20-12-10-11-13-21(20)17-19/h10-13,15-17,22H,2-9,14,18H2,1H3. The molecule has 1 heteroatoms. The van der Waals surface area contributed by atoms with Gasteiger partial charge in [0.1, 0.15) is 0 Å². The maximum Gasteiger partial charge on any atom is 0.0186 e. The van der Waals surface area contributed by atoms with Crippen LogP contribution in [0.2, 0.25) is 0 Å². The van der Waals surface area contributed by atoms with Crippen LogP contribution in [0.3, 0.4) is 0 Å². The molecule has 0 radical (unpaired) electrons. The van der Waals surface area contributed by atoms with Crippen molar-refractivity contribution in [2.24, 2.45) is 0 Å². The maximum atomic E-state index is 3.88. The Morgan fingerprint density at radius 1 is 0.783 bits per heavy atom. The van der Waals surface area contributed by atoms with Crippen LogP contribution in [0.4, 0.5) is 0 Å². The van der Waals surface area contributed by atoms with Gasteiger partial charge in [-0.05, 0) is 29.2 Å². The molecule has 126 valence electrons. The fourth-order valence-electron chi connectivity index (χ4n) is 3.22. The van der Waals surface area contributed by atoms with E-state index in [0.717, 1.165) is 6.42 Å². The van der Waals surface area contributed by atoms with Gasteiger partial charge in [-0.2, -0.15) is 0 Å². The zero-order valence-electron chi connectivity index (χ0n) is 14.6. The Hall–Kier alpha value is -0.820. The fraction of sp³-hybridized carbons (Fsp3) is 0.545. The molecular formula is C22H31Br. The van der Waals surface area contributed by atoms with Crippen LogP contribution < -0.4 is 0 Å². The van der Waals surface area contributed by atoms with E-state index in [-0.39, 0.29) is 0 Å². The lowest BCUT2D eigenvalue weighted by Gasteiger charge is -2.10. The molecule has 0 saturated heterocycles. The molecule has 1 unspecified atom stereocenters. The van der Waals surface area contributed by atoms with Crippen LogP contribution in [0.1, 0.15) is 70.3 Å². The lowest BCUT2D eigenvalue weighted by Crippen LogP contribution is -2.02. The van der Waals surface area contributed by atoms with E-state index in [4.69, 9.17) is 0 Å². The normalized spacial score (nSPS) is 12.6. The van der Waals surface area contributed by atoms with Crippen molar-refractivity contribution in [1.82, 2.24) is 0 Å². The lowest BCUT2D eigenvalue weighted by atomic mass is 10.0. The first-order chi connectivity index (χ1) is 11.3. The molecule has 0 N–H and O–H groups in total. The highest BCUT2D eigenvalue weighted by molar-refractivity contribution is 9.09. The molecule has 0 heterocycles. The Kier molecular flexibility index (Phi) is 8.74. The third-order valence-corrected chi connectivity index (χ3v) is 5.42. The van der Waals surface area contributed by atoms with Crippen molar-refractivity contribution in [2.45, 2.75) is 76.0 Å². The first-order valence-corrected chi connectivity index (χ1v) is 10.3. The maximum absolute atomic E-state index is 3.88. The smallest absolute Gasteiger partial charge is 0.0186 e. The predicted octanol–water partition coefficient (Wildman–Crippen LogP) is 7.68. The van der Waals surface area contributed by atoms with E-state index in [1.54, 1.807) is 0 Å². The van der Waals surface area contributed by atoms with Crippen LogP contribution in [0.15, 0.2) is 42.5 Å². The fourth-order valence-corrected chi connectivity index (χ4v) is 3.92. The summed E-state index contributed by atoms with van der Waals surface area (Å²) in [5.74, 6) is 0. The van der Waals surface area contributed by atoms with Gasteiger partial charge in [-0.1, -0.05) is 117 Å². The van der Waals surface area contributed by atoms with E-state index in [9.17, 15) is 0 Å². The van der Waals surface area contributed by atoms with Crippen molar-refractivity contribution in [3.05, 3.63) is 48.0 Å². The van der Waals surface area contributed by atoms with Gasteiger partial charge in [0.25, 0.3) is 0 Å². The summed E-state index contributed by atoms with van der Waals surface area (Å²) in [6.45, 7) is 2.28. The molecule has 0 nitrogen and oxygen atoms in total. The molecular weight excluding hydrogens is 344 g/mol. The molecule has 2 aromatic carbocycles. The van der Waals surface area contributed by atoms with Crippen LogP contribution in [-0.4, -0.2) is 4.83 Å². The second-order valence-corrected chi connectivity index (χ2v) is 8.04. The quantitative estimate of drug-likeness (QED) is 0.279. The molecule has 23 heavy (non-hydrogen) atoms. The highest BCUT2D eigenvalue weighted by atomic mass is 79.9. The van der Waals surface area contributed by atoms with Gasteiger partial charge in [0.2, 0.25) is 0 Å². The largest absolute Gasteiger partial charge is 0.0887 e. The van der Waals surface area contributed by atoms with E-state index in [1.165, 1.54) is 74.1 Å². The molecule has 2 rings (SSSR count). The summed E-state index contributed by atoms with van der Waals surface area (Å²) in [5.41, 5.74) is 1.45. The molecule has 0 fully saturated rings. The number of unbranched alkanes of at least 4 members (excludes halogenated alkanes) is 7. The van der Waals surface area contributed by atoms with Gasteiger partial charge in [-0.25, -0.2) is 0 Å². The van der Waals surface area contributed by atoms with Crippen LogP contribution in [0.5, 0.6) is 0 Å². The SMILES string of the molecule is CCCCCCCCCCC(Br)Cc1ccc2ccccc2c1. The lowest BCUT2D eigenvalue weighted by molar-refractivity contribution is 0.561. The molecule has 1 atom stereocenters. The van der Waals surface area contributed by atoms with Gasteiger partial charge in [-0.15, -0.1) is 0 Å². The van der Waals surface area contributed by atoms with Gasteiger partial charge < -0.3 is 0 Å². The Labute approximate surface area is 150 Å². The third kappa shape index (κ3) is 7.08. The van der Waals surface area contributed by atoms with Gasteiger partial charge >= 0.3 is 0 Å². The Morgan fingerprint density at radius 2 is 1.43 bits per heavy atom. The summed E-state index contributed by atoms with van der Waals surface area (Å²) in [7, 11) is 0. The summed E-state index contributed by atoms with van der Waals surface area (Å²) >= 11 is 3.88. The minimum atomic E-state index is 0.615. The molecule has 0 aliphatic carbocycles. The van der Waals surface area contributed by atoms with E-state index in [0.29, 0.717) is 4.83 Å². The van der Waals surface area contributed by atoms with Crippen LogP contribution >= 0.6 is 15.9 Å². The van der Waals surface area contributed by atoms with Crippen molar-refractivity contribution in [1.29, 1.82) is 0 Å². The number of hydrogen-bond donors (Lipinski definition) is 0. The van der Waals surface area contributed by atoms with E-state index in [1.807, 2.05) is 0 Å². The number of fused-ring (bicyclic) bond motifs is 1. The topological polar surface area (TPSA) is 0 Å². The molecule has 0 amide bonds. The molecule has 0 aliphatic rings. The minimum absolute atomic E-state index is 0.615. The molecule has 0 aliphatic heterocycles. The number of benzene rings is 2. The molecule has 0 spiro atoms. The Balaban J connectivity index is 1.63. The highest BCUT2D eigenvalue weighted by Crippen LogP contribution is 2.21. The van der Waals surface area contributed by atoms with Crippen molar-refractivity contribution in [3.8, 4) is 0 Å².